The van der Waals surface area contributed by atoms with Gasteiger partial charge in [-0.2, -0.15) is 0 Å². The monoisotopic (exact) mass is 447 g/mol. The Morgan fingerprint density at radius 1 is 1.00 bits per heavy atom. The molecule has 2 unspecified atom stereocenters. The van der Waals surface area contributed by atoms with Gasteiger partial charge in [-0.3, -0.25) is 4.90 Å². The van der Waals surface area contributed by atoms with Crippen molar-refractivity contribution in [3.05, 3.63) is 64.2 Å². The van der Waals surface area contributed by atoms with Crippen LogP contribution in [0.1, 0.15) is 76.1 Å². The highest BCUT2D eigenvalue weighted by Crippen LogP contribution is 2.36. The van der Waals surface area contributed by atoms with Crippen molar-refractivity contribution in [3.63, 3.8) is 0 Å². The molecule has 1 fully saturated rings. The van der Waals surface area contributed by atoms with Crippen LogP contribution in [0.2, 0.25) is 0 Å². The summed E-state index contributed by atoms with van der Waals surface area (Å²) in [5, 5.41) is 0. The lowest BCUT2D eigenvalue weighted by Gasteiger charge is -2.30. The number of allylic oxidation sites excluding steroid dienone is 1. The molecule has 33 heavy (non-hydrogen) atoms. The number of rotatable bonds is 8. The summed E-state index contributed by atoms with van der Waals surface area (Å²) in [6, 6.07) is 14.5. The van der Waals surface area contributed by atoms with E-state index in [0.717, 1.165) is 42.9 Å². The van der Waals surface area contributed by atoms with Crippen molar-refractivity contribution < 1.29 is 9.47 Å². The molecular formula is C30H41NO2. The van der Waals surface area contributed by atoms with Crippen molar-refractivity contribution in [1.82, 2.24) is 4.90 Å². The number of hydrogen-bond acceptors (Lipinski definition) is 3. The second kappa shape index (κ2) is 10.3. The second-order valence-electron chi connectivity index (χ2n) is 10.5. The van der Waals surface area contributed by atoms with E-state index in [2.05, 4.69) is 75.9 Å². The van der Waals surface area contributed by atoms with Crippen LogP contribution in [0.4, 0.5) is 0 Å². The van der Waals surface area contributed by atoms with E-state index in [1.54, 1.807) is 12.7 Å². The third-order valence-corrected chi connectivity index (χ3v) is 7.60. The van der Waals surface area contributed by atoms with Gasteiger partial charge >= 0.3 is 0 Å². The zero-order valence-electron chi connectivity index (χ0n) is 21.4. The first-order chi connectivity index (χ1) is 15.9. The molecule has 1 aliphatic carbocycles. The lowest BCUT2D eigenvalue weighted by molar-refractivity contribution is 0.231. The predicted molar refractivity (Wildman–Crippen MR) is 138 cm³/mol. The Labute approximate surface area is 200 Å². The van der Waals surface area contributed by atoms with Gasteiger partial charge in [-0.05, 0) is 99.3 Å². The van der Waals surface area contributed by atoms with E-state index in [1.165, 1.54) is 35.1 Å². The van der Waals surface area contributed by atoms with Crippen molar-refractivity contribution in [2.75, 3.05) is 13.7 Å². The molecule has 2 aromatic rings. The van der Waals surface area contributed by atoms with Gasteiger partial charge in [0.1, 0.15) is 18.1 Å². The zero-order valence-corrected chi connectivity index (χ0v) is 21.4. The fourth-order valence-corrected chi connectivity index (χ4v) is 5.54. The number of ether oxygens (including phenoxy) is 2. The maximum Gasteiger partial charge on any atom is 0.125 e. The summed E-state index contributed by atoms with van der Waals surface area (Å²) < 4.78 is 11.9. The minimum Gasteiger partial charge on any atom is -0.496 e. The Morgan fingerprint density at radius 3 is 2.45 bits per heavy atom. The van der Waals surface area contributed by atoms with E-state index < -0.39 is 0 Å². The van der Waals surface area contributed by atoms with Gasteiger partial charge < -0.3 is 9.47 Å². The van der Waals surface area contributed by atoms with Crippen LogP contribution in [-0.2, 0) is 19.4 Å². The first-order valence-corrected chi connectivity index (χ1v) is 12.7. The summed E-state index contributed by atoms with van der Waals surface area (Å²) in [4.78, 5) is 2.70. The predicted octanol–water partition coefficient (Wildman–Crippen LogP) is 7.07. The number of methoxy groups -OCH3 is 1. The first kappa shape index (κ1) is 23.9. The van der Waals surface area contributed by atoms with E-state index in [0.29, 0.717) is 24.6 Å². The van der Waals surface area contributed by atoms with Gasteiger partial charge in [-0.1, -0.05) is 37.6 Å². The molecule has 1 aliphatic heterocycles. The van der Waals surface area contributed by atoms with E-state index in [4.69, 9.17) is 9.47 Å². The van der Waals surface area contributed by atoms with Gasteiger partial charge in [0.2, 0.25) is 0 Å². The van der Waals surface area contributed by atoms with Crippen molar-refractivity contribution in [2.24, 2.45) is 5.92 Å². The average Bonchev–Trinajstić information content (AvgIpc) is 3.11. The van der Waals surface area contributed by atoms with Gasteiger partial charge in [-0.15, -0.1) is 0 Å². The molecule has 0 radical (unpaired) electrons. The van der Waals surface area contributed by atoms with Crippen molar-refractivity contribution in [1.29, 1.82) is 0 Å². The molecule has 178 valence electrons. The van der Waals surface area contributed by atoms with Crippen LogP contribution in [-0.4, -0.2) is 30.6 Å². The third-order valence-electron chi connectivity index (χ3n) is 7.60. The van der Waals surface area contributed by atoms with E-state index in [-0.39, 0.29) is 0 Å². The Kier molecular flexibility index (Phi) is 7.48. The van der Waals surface area contributed by atoms with Crippen molar-refractivity contribution >= 4 is 5.57 Å². The molecule has 0 aromatic heterocycles. The van der Waals surface area contributed by atoms with Gasteiger partial charge in [0, 0.05) is 24.2 Å². The number of likely N-dealkylation sites (tertiary alicyclic amines) is 1. The SMILES string of the molecule is COc1cc(CC(C)C)ccc1COc1ccc2c(c1)CCC(CN1C(C)CCC1C)=C2C. The highest BCUT2D eigenvalue weighted by molar-refractivity contribution is 5.72. The number of aryl methyl sites for hydroxylation is 1. The normalized spacial score (nSPS) is 20.9. The van der Waals surface area contributed by atoms with Crippen LogP contribution in [0.15, 0.2) is 42.0 Å². The van der Waals surface area contributed by atoms with Gasteiger partial charge in [0.25, 0.3) is 0 Å². The van der Waals surface area contributed by atoms with Crippen LogP contribution in [0.3, 0.4) is 0 Å². The van der Waals surface area contributed by atoms with Crippen LogP contribution in [0, 0.1) is 5.92 Å². The Hall–Kier alpha value is -2.26. The van der Waals surface area contributed by atoms with E-state index in [1.807, 2.05) is 0 Å². The second-order valence-corrected chi connectivity index (χ2v) is 10.5. The van der Waals surface area contributed by atoms with Crippen molar-refractivity contribution in [2.45, 2.75) is 85.4 Å². The molecule has 0 amide bonds. The lowest BCUT2D eigenvalue weighted by Crippen LogP contribution is -2.35. The highest BCUT2D eigenvalue weighted by atomic mass is 16.5. The van der Waals surface area contributed by atoms with Crippen LogP contribution < -0.4 is 9.47 Å². The quantitative estimate of drug-likeness (QED) is 0.432. The van der Waals surface area contributed by atoms with E-state index >= 15 is 0 Å². The summed E-state index contributed by atoms with van der Waals surface area (Å²) in [6.07, 6.45) is 5.98. The highest BCUT2D eigenvalue weighted by Gasteiger charge is 2.29. The topological polar surface area (TPSA) is 21.7 Å². The molecule has 0 bridgehead atoms. The average molecular weight is 448 g/mol. The minimum absolute atomic E-state index is 0.523. The molecule has 3 nitrogen and oxygen atoms in total. The van der Waals surface area contributed by atoms with Gasteiger partial charge in [0.05, 0.1) is 7.11 Å². The molecule has 2 aromatic carbocycles. The lowest BCUT2D eigenvalue weighted by atomic mass is 9.86. The summed E-state index contributed by atoms with van der Waals surface area (Å²) in [5.41, 5.74) is 8.30. The van der Waals surface area contributed by atoms with E-state index in [9.17, 15) is 0 Å². The standard InChI is InChI=1S/C30H41NO2/c1-20(2)15-24-9-10-27(30(16-24)32-6)19-33-28-13-14-29-23(5)26(12-11-25(29)17-28)18-31-21(3)7-8-22(31)4/h9-10,13-14,16-17,20-22H,7-8,11-12,15,18-19H2,1-6H3. The Balaban J connectivity index is 1.45. The Bertz CT molecular complexity index is 996. The molecule has 3 heteroatoms. The fourth-order valence-electron chi connectivity index (χ4n) is 5.54. The smallest absolute Gasteiger partial charge is 0.125 e. The van der Waals surface area contributed by atoms with Crippen molar-refractivity contribution in [3.8, 4) is 11.5 Å². The van der Waals surface area contributed by atoms with Gasteiger partial charge in [0.15, 0.2) is 0 Å². The van der Waals surface area contributed by atoms with Crippen LogP contribution in [0.25, 0.3) is 5.57 Å². The third kappa shape index (κ3) is 5.46. The largest absolute Gasteiger partial charge is 0.496 e. The maximum atomic E-state index is 6.22. The minimum atomic E-state index is 0.523. The number of hydrogen-bond donors (Lipinski definition) is 0. The molecule has 0 saturated carbocycles. The molecule has 4 rings (SSSR count). The number of nitrogens with zero attached hydrogens (tertiary/aromatic N) is 1. The summed E-state index contributed by atoms with van der Waals surface area (Å²) >= 11 is 0. The molecular weight excluding hydrogens is 406 g/mol. The molecule has 1 heterocycles. The number of fused-ring (bicyclic) bond motifs is 1. The molecule has 0 N–H and O–H groups in total. The molecule has 1 saturated heterocycles. The fraction of sp³-hybridized carbons (Fsp3) is 0.533. The van der Waals surface area contributed by atoms with Crippen LogP contribution >= 0.6 is 0 Å². The first-order valence-electron chi connectivity index (χ1n) is 12.7. The molecule has 2 atom stereocenters. The zero-order chi connectivity index (χ0) is 23.5. The number of benzene rings is 2. The molecule has 0 spiro atoms. The maximum absolute atomic E-state index is 6.22. The Morgan fingerprint density at radius 2 is 1.76 bits per heavy atom. The summed E-state index contributed by atoms with van der Waals surface area (Å²) in [5.74, 6) is 2.49. The summed E-state index contributed by atoms with van der Waals surface area (Å²) in [6.45, 7) is 13.2. The van der Waals surface area contributed by atoms with Crippen LogP contribution in [0.5, 0.6) is 11.5 Å². The molecule has 2 aliphatic rings. The van der Waals surface area contributed by atoms with Gasteiger partial charge in [-0.25, -0.2) is 0 Å². The summed E-state index contributed by atoms with van der Waals surface area (Å²) in [7, 11) is 1.74.